The van der Waals surface area contributed by atoms with E-state index in [4.69, 9.17) is 9.47 Å². The number of benzene rings is 2. The Kier molecular flexibility index (Phi) is 6.66. The topological polar surface area (TPSA) is 51.7 Å². The van der Waals surface area contributed by atoms with Gasteiger partial charge in [-0.25, -0.2) is 0 Å². The summed E-state index contributed by atoms with van der Waals surface area (Å²) in [5.74, 6) is 1.43. The summed E-state index contributed by atoms with van der Waals surface area (Å²) >= 11 is 3.41. The molecule has 0 aliphatic rings. The van der Waals surface area contributed by atoms with Crippen LogP contribution in [0.15, 0.2) is 71.3 Å². The minimum Gasteiger partial charge on any atom is -0.497 e. The number of amides is 1. The van der Waals surface area contributed by atoms with Crippen molar-refractivity contribution in [3.05, 3.63) is 88.2 Å². The Balaban J connectivity index is 1.86. The first kappa shape index (κ1) is 19.9. The molecule has 0 atom stereocenters. The molecule has 0 spiro atoms. The van der Waals surface area contributed by atoms with Gasteiger partial charge in [0.05, 0.1) is 14.2 Å². The van der Waals surface area contributed by atoms with Gasteiger partial charge in [0.1, 0.15) is 17.2 Å². The molecule has 3 rings (SSSR count). The number of hydrogen-bond donors (Lipinski definition) is 0. The van der Waals surface area contributed by atoms with Gasteiger partial charge in [0.25, 0.3) is 5.91 Å². The molecule has 5 nitrogen and oxygen atoms in total. The third kappa shape index (κ3) is 5.10. The molecule has 1 heterocycles. The number of methoxy groups -OCH3 is 2. The number of carbonyl (C=O) groups excluding carboxylic acids is 1. The van der Waals surface area contributed by atoms with Gasteiger partial charge >= 0.3 is 0 Å². The van der Waals surface area contributed by atoms with E-state index in [0.717, 1.165) is 27.1 Å². The molecule has 0 unspecified atom stereocenters. The van der Waals surface area contributed by atoms with Gasteiger partial charge in [-0.2, -0.15) is 0 Å². The maximum Gasteiger partial charge on any atom is 0.273 e. The van der Waals surface area contributed by atoms with Crippen LogP contribution in [-0.4, -0.2) is 30.0 Å². The van der Waals surface area contributed by atoms with Gasteiger partial charge in [-0.1, -0.05) is 40.2 Å². The molecule has 0 radical (unpaired) electrons. The fraction of sp³-hybridized carbons (Fsp3) is 0.182. The van der Waals surface area contributed by atoms with Crippen molar-refractivity contribution in [2.24, 2.45) is 0 Å². The van der Waals surface area contributed by atoms with E-state index >= 15 is 0 Å². The molecule has 6 heteroatoms. The summed E-state index contributed by atoms with van der Waals surface area (Å²) in [6.07, 6.45) is 1.62. The van der Waals surface area contributed by atoms with Crippen LogP contribution >= 0.6 is 15.9 Å². The Labute approximate surface area is 173 Å². The lowest BCUT2D eigenvalue weighted by molar-refractivity contribution is 0.0724. The number of ether oxygens (including phenoxy) is 2. The maximum absolute atomic E-state index is 13.1. The van der Waals surface area contributed by atoms with E-state index < -0.39 is 0 Å². The van der Waals surface area contributed by atoms with Gasteiger partial charge < -0.3 is 14.4 Å². The smallest absolute Gasteiger partial charge is 0.273 e. The van der Waals surface area contributed by atoms with Gasteiger partial charge in [0.2, 0.25) is 0 Å². The van der Waals surface area contributed by atoms with Crippen LogP contribution in [0.5, 0.6) is 11.5 Å². The lowest BCUT2D eigenvalue weighted by atomic mass is 10.1. The second-order valence-corrected chi connectivity index (χ2v) is 7.13. The summed E-state index contributed by atoms with van der Waals surface area (Å²) in [4.78, 5) is 19.2. The molecule has 0 N–H and O–H groups in total. The van der Waals surface area contributed by atoms with E-state index in [1.165, 1.54) is 0 Å². The minimum atomic E-state index is -0.132. The van der Waals surface area contributed by atoms with Crippen molar-refractivity contribution < 1.29 is 14.3 Å². The summed E-state index contributed by atoms with van der Waals surface area (Å²) < 4.78 is 11.2. The second-order valence-electron chi connectivity index (χ2n) is 6.22. The molecule has 144 valence electrons. The van der Waals surface area contributed by atoms with Crippen molar-refractivity contribution in [2.45, 2.75) is 13.1 Å². The molecule has 0 saturated carbocycles. The molecule has 0 aliphatic heterocycles. The Bertz CT molecular complexity index is 878. The van der Waals surface area contributed by atoms with Crippen LogP contribution in [-0.2, 0) is 13.1 Å². The molecule has 1 aromatic heterocycles. The van der Waals surface area contributed by atoms with Crippen LogP contribution in [0.25, 0.3) is 0 Å². The van der Waals surface area contributed by atoms with Crippen molar-refractivity contribution in [2.75, 3.05) is 14.2 Å². The highest BCUT2D eigenvalue weighted by Gasteiger charge is 2.18. The summed E-state index contributed by atoms with van der Waals surface area (Å²) in [7, 11) is 3.26. The number of rotatable bonds is 7. The zero-order valence-corrected chi connectivity index (χ0v) is 17.3. The van der Waals surface area contributed by atoms with Crippen molar-refractivity contribution >= 4 is 21.8 Å². The highest BCUT2D eigenvalue weighted by Crippen LogP contribution is 2.19. The highest BCUT2D eigenvalue weighted by atomic mass is 79.9. The first-order chi connectivity index (χ1) is 13.6. The van der Waals surface area contributed by atoms with Gasteiger partial charge in [0, 0.05) is 23.8 Å². The highest BCUT2D eigenvalue weighted by molar-refractivity contribution is 9.10. The van der Waals surface area contributed by atoms with Gasteiger partial charge in [0.15, 0.2) is 0 Å². The zero-order valence-electron chi connectivity index (χ0n) is 15.8. The van der Waals surface area contributed by atoms with Gasteiger partial charge in [-0.3, -0.25) is 9.78 Å². The standard InChI is InChI=1S/C22H21BrN2O3/c1-27-19-7-3-16(4-8-19)14-25(15-17-5-9-20(28-2)10-6-17)22(26)21-13-18(23)11-12-24-21/h3-13H,14-15H2,1-2H3. The molecule has 28 heavy (non-hydrogen) atoms. The number of carbonyl (C=O) groups is 1. The molecule has 0 aliphatic carbocycles. The van der Waals surface area contributed by atoms with Crippen LogP contribution in [0.1, 0.15) is 21.6 Å². The van der Waals surface area contributed by atoms with E-state index in [1.807, 2.05) is 48.5 Å². The van der Waals surface area contributed by atoms with Crippen LogP contribution in [0.4, 0.5) is 0 Å². The molecule has 0 saturated heterocycles. The van der Waals surface area contributed by atoms with E-state index in [1.54, 1.807) is 37.4 Å². The van der Waals surface area contributed by atoms with Crippen molar-refractivity contribution in [3.63, 3.8) is 0 Å². The average Bonchev–Trinajstić information content (AvgIpc) is 2.74. The summed E-state index contributed by atoms with van der Waals surface area (Å²) in [5.41, 5.74) is 2.42. The monoisotopic (exact) mass is 440 g/mol. The lowest BCUT2D eigenvalue weighted by Crippen LogP contribution is -2.30. The Morgan fingerprint density at radius 3 is 1.82 bits per heavy atom. The van der Waals surface area contributed by atoms with Crippen molar-refractivity contribution in [3.8, 4) is 11.5 Å². The predicted molar refractivity (Wildman–Crippen MR) is 112 cm³/mol. The first-order valence-electron chi connectivity index (χ1n) is 8.75. The van der Waals surface area contributed by atoms with E-state index in [-0.39, 0.29) is 5.91 Å². The third-order valence-electron chi connectivity index (χ3n) is 4.29. The Hall–Kier alpha value is -2.86. The Morgan fingerprint density at radius 1 is 0.893 bits per heavy atom. The Morgan fingerprint density at radius 2 is 1.39 bits per heavy atom. The van der Waals surface area contributed by atoms with Gasteiger partial charge in [-0.05, 0) is 47.5 Å². The molecule has 0 bridgehead atoms. The van der Waals surface area contributed by atoms with Crippen LogP contribution in [0, 0.1) is 0 Å². The quantitative estimate of drug-likeness (QED) is 0.533. The molecule has 3 aromatic rings. The van der Waals surface area contributed by atoms with Gasteiger partial charge in [-0.15, -0.1) is 0 Å². The van der Waals surface area contributed by atoms with E-state index in [2.05, 4.69) is 20.9 Å². The average molecular weight is 441 g/mol. The van der Waals surface area contributed by atoms with Crippen molar-refractivity contribution in [1.29, 1.82) is 0 Å². The summed E-state index contributed by atoms with van der Waals surface area (Å²) in [6, 6.07) is 18.9. The summed E-state index contributed by atoms with van der Waals surface area (Å²) in [6.45, 7) is 0.923. The van der Waals surface area contributed by atoms with E-state index in [9.17, 15) is 4.79 Å². The third-order valence-corrected chi connectivity index (χ3v) is 4.79. The van der Waals surface area contributed by atoms with Crippen LogP contribution in [0.3, 0.4) is 0 Å². The first-order valence-corrected chi connectivity index (χ1v) is 9.55. The fourth-order valence-corrected chi connectivity index (χ4v) is 3.12. The number of halogens is 1. The molecule has 0 fully saturated rings. The maximum atomic E-state index is 13.1. The largest absolute Gasteiger partial charge is 0.497 e. The summed E-state index contributed by atoms with van der Waals surface area (Å²) in [5, 5.41) is 0. The van der Waals surface area contributed by atoms with Crippen molar-refractivity contribution in [1.82, 2.24) is 9.88 Å². The molecule has 1 amide bonds. The van der Waals surface area contributed by atoms with Crippen LogP contribution in [0.2, 0.25) is 0 Å². The molecular formula is C22H21BrN2O3. The SMILES string of the molecule is COc1ccc(CN(Cc2ccc(OC)cc2)C(=O)c2cc(Br)ccn2)cc1. The second kappa shape index (κ2) is 9.37. The number of pyridine rings is 1. The number of hydrogen-bond acceptors (Lipinski definition) is 4. The minimum absolute atomic E-state index is 0.132. The normalized spacial score (nSPS) is 10.4. The van der Waals surface area contributed by atoms with E-state index in [0.29, 0.717) is 18.8 Å². The number of nitrogens with zero attached hydrogens (tertiary/aromatic N) is 2. The van der Waals surface area contributed by atoms with Crippen LogP contribution < -0.4 is 9.47 Å². The number of aromatic nitrogens is 1. The predicted octanol–water partition coefficient (Wildman–Crippen LogP) is 4.70. The molecular weight excluding hydrogens is 420 g/mol. The zero-order chi connectivity index (χ0) is 19.9. The lowest BCUT2D eigenvalue weighted by Gasteiger charge is -2.23. The molecule has 2 aromatic carbocycles. The fourth-order valence-electron chi connectivity index (χ4n) is 2.79.